The van der Waals surface area contributed by atoms with Gasteiger partial charge in [-0.2, -0.15) is 0 Å². The van der Waals surface area contributed by atoms with Gasteiger partial charge in [-0.1, -0.05) is 24.5 Å². The van der Waals surface area contributed by atoms with Crippen LogP contribution in [0.1, 0.15) is 64.6 Å². The molecule has 0 spiro atoms. The number of aliphatic hydroxyl groups is 1. The molecule has 1 aliphatic heterocycles. The molecular weight excluding hydrogens is 340 g/mol. The van der Waals surface area contributed by atoms with Crippen LogP contribution < -0.4 is 5.32 Å². The maximum Gasteiger partial charge on any atom is 0.260 e. The Hall–Kier alpha value is -1.66. The first-order valence-electron chi connectivity index (χ1n) is 10.4. The van der Waals surface area contributed by atoms with Crippen molar-refractivity contribution in [2.24, 2.45) is 5.92 Å². The third-order valence-electron chi connectivity index (χ3n) is 6.07. The average molecular weight is 375 g/mol. The van der Waals surface area contributed by atoms with E-state index in [0.717, 1.165) is 64.6 Å². The van der Waals surface area contributed by atoms with E-state index in [1.165, 1.54) is 5.57 Å². The summed E-state index contributed by atoms with van der Waals surface area (Å²) in [6.45, 7) is 7.32. The molecule has 0 bridgehead atoms. The van der Waals surface area contributed by atoms with Crippen LogP contribution in [0.4, 0.5) is 0 Å². The van der Waals surface area contributed by atoms with E-state index in [4.69, 9.17) is 0 Å². The van der Waals surface area contributed by atoms with Gasteiger partial charge < -0.3 is 20.3 Å². The van der Waals surface area contributed by atoms with E-state index < -0.39 is 5.60 Å². The number of aromatic amines is 1. The van der Waals surface area contributed by atoms with E-state index in [2.05, 4.69) is 40.1 Å². The van der Waals surface area contributed by atoms with E-state index in [-0.39, 0.29) is 17.9 Å². The normalized spacial score (nSPS) is 21.7. The Bertz CT molecular complexity index is 625. The Morgan fingerprint density at radius 3 is 2.63 bits per heavy atom. The van der Waals surface area contributed by atoms with Crippen molar-refractivity contribution in [1.29, 1.82) is 0 Å². The van der Waals surface area contributed by atoms with Crippen molar-refractivity contribution in [3.05, 3.63) is 29.9 Å². The van der Waals surface area contributed by atoms with Crippen molar-refractivity contribution in [2.75, 3.05) is 19.6 Å². The number of allylic oxidation sites excluding steroid dienone is 1. The van der Waals surface area contributed by atoms with Gasteiger partial charge in [0, 0.05) is 44.0 Å². The molecule has 3 N–H and O–H groups in total. The molecule has 3 rings (SSSR count). The van der Waals surface area contributed by atoms with Crippen molar-refractivity contribution < 1.29 is 9.90 Å². The van der Waals surface area contributed by atoms with Gasteiger partial charge in [0.25, 0.3) is 5.91 Å². The van der Waals surface area contributed by atoms with Crippen LogP contribution in [0.3, 0.4) is 0 Å². The van der Waals surface area contributed by atoms with Crippen LogP contribution in [-0.4, -0.2) is 51.6 Å². The first-order valence-corrected chi connectivity index (χ1v) is 10.4. The lowest BCUT2D eigenvalue weighted by Crippen LogP contribution is -2.54. The number of aromatic nitrogens is 2. The maximum absolute atomic E-state index is 13.1. The molecule has 1 aliphatic carbocycles. The molecule has 150 valence electrons. The van der Waals surface area contributed by atoms with Gasteiger partial charge in [-0.15, -0.1) is 0 Å². The van der Waals surface area contributed by atoms with E-state index in [1.807, 2.05) is 0 Å². The van der Waals surface area contributed by atoms with Crippen molar-refractivity contribution in [3.63, 3.8) is 0 Å². The zero-order valence-electron chi connectivity index (χ0n) is 16.7. The topological polar surface area (TPSA) is 81.2 Å². The number of H-pyrrole nitrogens is 1. The molecule has 1 unspecified atom stereocenters. The van der Waals surface area contributed by atoms with Gasteiger partial charge in [-0.25, -0.2) is 4.98 Å². The first-order chi connectivity index (χ1) is 13.0. The number of likely N-dealkylation sites (tertiary alicyclic amines) is 1. The summed E-state index contributed by atoms with van der Waals surface area (Å²) in [6, 6.07) is 0.125. The first kappa shape index (κ1) is 20.1. The number of amides is 1. The fraction of sp³-hybridized carbons (Fsp3) is 0.714. The molecule has 1 saturated heterocycles. The number of nitrogens with one attached hydrogen (secondary N) is 2. The van der Waals surface area contributed by atoms with E-state index in [1.54, 1.807) is 12.4 Å². The zero-order chi connectivity index (χ0) is 19.3. The molecule has 1 amide bonds. The van der Waals surface area contributed by atoms with E-state index in [9.17, 15) is 9.90 Å². The number of rotatable bonds is 7. The molecular formula is C21H34N4O2. The quantitative estimate of drug-likeness (QED) is 0.641. The number of carbonyl (C=O) groups is 1. The molecule has 0 aromatic carbocycles. The van der Waals surface area contributed by atoms with Gasteiger partial charge in [0.15, 0.2) is 0 Å². The second-order valence-electron chi connectivity index (χ2n) is 8.35. The highest BCUT2D eigenvalue weighted by Gasteiger charge is 2.49. The average Bonchev–Trinajstić information content (AvgIpc) is 3.36. The number of imidazole rings is 1. The lowest BCUT2D eigenvalue weighted by Gasteiger charge is -2.36. The highest BCUT2D eigenvalue weighted by atomic mass is 16.3. The minimum Gasteiger partial charge on any atom is -0.373 e. The third-order valence-corrected chi connectivity index (χ3v) is 6.07. The van der Waals surface area contributed by atoms with Crippen molar-refractivity contribution in [1.82, 2.24) is 20.2 Å². The smallest absolute Gasteiger partial charge is 0.260 e. The van der Waals surface area contributed by atoms with Crippen LogP contribution in [0.2, 0.25) is 0 Å². The van der Waals surface area contributed by atoms with E-state index >= 15 is 0 Å². The number of nitrogens with zero attached hydrogens (tertiary/aromatic N) is 2. The van der Waals surface area contributed by atoms with Crippen LogP contribution in [0.15, 0.2) is 24.0 Å². The molecule has 6 heteroatoms. The minimum atomic E-state index is -1.54. The standard InChI is InChI=1S/C21H34N4O2/c1-16(2)6-5-13-25-14-9-18(10-15-25)24-20(26)21(27,17-7-3-4-8-17)19-22-11-12-23-19/h6,11-12,17-18,27H,3-5,7-10,13-15H2,1-2H3,(H,22,23)(H,24,26). The summed E-state index contributed by atoms with van der Waals surface area (Å²) in [6.07, 6.45) is 12.4. The highest BCUT2D eigenvalue weighted by Crippen LogP contribution is 2.39. The van der Waals surface area contributed by atoms with Gasteiger partial charge in [-0.05, 0) is 46.0 Å². The number of hydrogen-bond donors (Lipinski definition) is 3. The van der Waals surface area contributed by atoms with Crippen LogP contribution in [0.25, 0.3) is 0 Å². The molecule has 6 nitrogen and oxygen atoms in total. The molecule has 2 fully saturated rings. The lowest BCUT2D eigenvalue weighted by molar-refractivity contribution is -0.149. The summed E-state index contributed by atoms with van der Waals surface area (Å²) in [7, 11) is 0. The molecule has 0 radical (unpaired) electrons. The minimum absolute atomic E-state index is 0.0622. The van der Waals surface area contributed by atoms with E-state index in [0.29, 0.717) is 5.82 Å². The predicted octanol–water partition coefficient (Wildman–Crippen LogP) is 2.72. The monoisotopic (exact) mass is 374 g/mol. The largest absolute Gasteiger partial charge is 0.373 e. The highest BCUT2D eigenvalue weighted by molar-refractivity contribution is 5.86. The summed E-state index contributed by atoms with van der Waals surface area (Å²) >= 11 is 0. The summed E-state index contributed by atoms with van der Waals surface area (Å²) in [5.74, 6) is 0.0335. The number of hydrogen-bond acceptors (Lipinski definition) is 4. The Kier molecular flexibility index (Phi) is 6.71. The summed E-state index contributed by atoms with van der Waals surface area (Å²) in [4.78, 5) is 22.8. The second-order valence-corrected chi connectivity index (χ2v) is 8.35. The summed E-state index contributed by atoms with van der Waals surface area (Å²) < 4.78 is 0. The molecule has 1 saturated carbocycles. The van der Waals surface area contributed by atoms with Crippen LogP contribution in [-0.2, 0) is 10.4 Å². The molecule has 1 aromatic rings. The Morgan fingerprint density at radius 2 is 2.04 bits per heavy atom. The van der Waals surface area contributed by atoms with Crippen molar-refractivity contribution in [2.45, 2.75) is 70.4 Å². The summed E-state index contributed by atoms with van der Waals surface area (Å²) in [5.41, 5.74) is -0.179. The van der Waals surface area contributed by atoms with Gasteiger partial charge in [0.1, 0.15) is 5.82 Å². The van der Waals surface area contributed by atoms with Gasteiger partial charge in [0.05, 0.1) is 0 Å². The second kappa shape index (κ2) is 9.02. The predicted molar refractivity (Wildman–Crippen MR) is 106 cm³/mol. The Labute approximate surface area is 162 Å². The fourth-order valence-electron chi connectivity index (χ4n) is 4.44. The lowest BCUT2D eigenvalue weighted by atomic mass is 9.83. The van der Waals surface area contributed by atoms with Crippen molar-refractivity contribution in [3.8, 4) is 0 Å². The fourth-order valence-corrected chi connectivity index (χ4v) is 4.44. The number of carbonyl (C=O) groups excluding carboxylic acids is 1. The van der Waals surface area contributed by atoms with Crippen LogP contribution in [0, 0.1) is 5.92 Å². The molecule has 2 heterocycles. The molecule has 2 aliphatic rings. The Morgan fingerprint density at radius 1 is 1.33 bits per heavy atom. The van der Waals surface area contributed by atoms with Gasteiger partial charge in [-0.3, -0.25) is 4.79 Å². The maximum atomic E-state index is 13.1. The SMILES string of the molecule is CC(C)=CCCN1CCC(NC(=O)C(O)(c2ncc[nH]2)C2CCCC2)CC1. The molecule has 27 heavy (non-hydrogen) atoms. The zero-order valence-corrected chi connectivity index (χ0v) is 16.7. The summed E-state index contributed by atoms with van der Waals surface area (Å²) in [5, 5.41) is 14.5. The van der Waals surface area contributed by atoms with Gasteiger partial charge in [0.2, 0.25) is 5.60 Å². The molecule has 1 aromatic heterocycles. The van der Waals surface area contributed by atoms with Crippen LogP contribution in [0.5, 0.6) is 0 Å². The number of piperidine rings is 1. The third kappa shape index (κ3) is 4.79. The van der Waals surface area contributed by atoms with Crippen molar-refractivity contribution >= 4 is 5.91 Å². The van der Waals surface area contributed by atoms with Crippen LogP contribution >= 0.6 is 0 Å². The molecule has 1 atom stereocenters. The van der Waals surface area contributed by atoms with Gasteiger partial charge >= 0.3 is 0 Å². The Balaban J connectivity index is 1.56.